The SMILES string of the molecule is CC1(C)O[C@@H]2[C@@H](O1)[C@@H](Cc1ccccc1)N(Cc1ccc3c(cnn3COCC[Si](C)(C)C)c1)C(=O)N(Cc1cccc(Cn3ccnn3)c1)[C@@H]2Cc1ccccc1. The standard InChI is InChI=1S/C46H55N7O4Si/c1-46(2)56-43-41(27-34-13-8-6-9-14-34)51(31-37-18-12-17-36(25-37)30-50-22-21-47-49-50)45(54)52(42(44(43)57-46)28-35-15-10-7-11-16-35)32-38-19-20-40-39(26-38)29-48-53(40)33-55-23-24-58(3,4)5/h6-22,25-26,29,41-44H,23-24,27-28,30-33H2,1-5H3/t41-,42-,43+,44+/m1/s1. The molecule has 2 aliphatic rings. The Balaban J connectivity index is 1.17. The second kappa shape index (κ2) is 17.0. The fraction of sp³-hybridized carbons (Fsp3) is 0.391. The van der Waals surface area contributed by atoms with E-state index in [1.165, 1.54) is 0 Å². The molecule has 6 aromatic rings. The first-order chi connectivity index (χ1) is 28.0. The van der Waals surface area contributed by atoms with Gasteiger partial charge in [0.05, 0.1) is 36.5 Å². The second-order valence-corrected chi connectivity index (χ2v) is 23.0. The largest absolute Gasteiger partial charge is 0.360 e. The van der Waals surface area contributed by atoms with Crippen LogP contribution in [-0.2, 0) is 53.4 Å². The van der Waals surface area contributed by atoms with E-state index >= 15 is 4.79 Å². The van der Waals surface area contributed by atoms with Gasteiger partial charge < -0.3 is 24.0 Å². The van der Waals surface area contributed by atoms with E-state index in [0.29, 0.717) is 39.2 Å². The molecule has 0 radical (unpaired) electrons. The summed E-state index contributed by atoms with van der Waals surface area (Å²) in [5.74, 6) is -0.848. The summed E-state index contributed by atoms with van der Waals surface area (Å²) in [5.41, 5.74) is 6.41. The van der Waals surface area contributed by atoms with Gasteiger partial charge in [-0.3, -0.25) is 0 Å². The lowest BCUT2D eigenvalue weighted by Gasteiger charge is -2.37. The Morgan fingerprint density at radius 1 is 0.724 bits per heavy atom. The Labute approximate surface area is 342 Å². The van der Waals surface area contributed by atoms with E-state index in [0.717, 1.165) is 51.4 Å². The van der Waals surface area contributed by atoms with Gasteiger partial charge in [-0.1, -0.05) is 116 Å². The first kappa shape index (κ1) is 39.7. The molecular weight excluding hydrogens is 743 g/mol. The van der Waals surface area contributed by atoms with Gasteiger partial charge in [-0.05, 0) is 72.7 Å². The molecule has 58 heavy (non-hydrogen) atoms. The van der Waals surface area contributed by atoms with Crippen LogP contribution in [0.1, 0.15) is 41.7 Å². The number of fused-ring (bicyclic) bond motifs is 2. The third kappa shape index (κ3) is 9.42. The zero-order valence-electron chi connectivity index (χ0n) is 34.3. The zero-order valence-corrected chi connectivity index (χ0v) is 35.3. The van der Waals surface area contributed by atoms with E-state index in [2.05, 4.69) is 126 Å². The van der Waals surface area contributed by atoms with Crippen molar-refractivity contribution in [3.63, 3.8) is 0 Å². The van der Waals surface area contributed by atoms with Crippen LogP contribution in [0.3, 0.4) is 0 Å². The summed E-state index contributed by atoms with van der Waals surface area (Å²) in [5, 5.41) is 13.9. The lowest BCUT2D eigenvalue weighted by molar-refractivity contribution is -0.157. The topological polar surface area (TPSA) is 99.8 Å². The number of nitrogens with zero attached hydrogens (tertiary/aromatic N) is 7. The Hall–Kier alpha value is -5.14. The lowest BCUT2D eigenvalue weighted by Crippen LogP contribution is -2.51. The second-order valence-electron chi connectivity index (χ2n) is 17.4. The number of benzene rings is 4. The molecule has 8 rings (SSSR count). The maximum Gasteiger partial charge on any atom is 0.321 e. The molecular formula is C46H55N7O4Si. The highest BCUT2D eigenvalue weighted by Gasteiger charge is 2.55. The molecule has 0 spiro atoms. The molecule has 2 aliphatic heterocycles. The minimum absolute atomic E-state index is 0.0467. The van der Waals surface area contributed by atoms with Crippen molar-refractivity contribution in [2.75, 3.05) is 6.61 Å². The summed E-state index contributed by atoms with van der Waals surface area (Å²) in [6.07, 6.45) is 5.88. The third-order valence-corrected chi connectivity index (χ3v) is 12.9. The minimum Gasteiger partial charge on any atom is -0.360 e. The van der Waals surface area contributed by atoms with Gasteiger partial charge in [0.2, 0.25) is 0 Å². The highest BCUT2D eigenvalue weighted by atomic mass is 28.3. The van der Waals surface area contributed by atoms with Gasteiger partial charge in [0.25, 0.3) is 0 Å². The molecule has 0 saturated carbocycles. The number of rotatable bonds is 15. The lowest BCUT2D eigenvalue weighted by atomic mass is 9.91. The number of carbonyl (C=O) groups is 1. The quantitative estimate of drug-likeness (QED) is 0.0764. The summed E-state index contributed by atoms with van der Waals surface area (Å²) < 4.78 is 23.7. The van der Waals surface area contributed by atoms with Crippen LogP contribution < -0.4 is 0 Å². The van der Waals surface area contributed by atoms with Crippen LogP contribution >= 0.6 is 0 Å². The normalized spacial score (nSPS) is 20.7. The molecule has 0 aliphatic carbocycles. The molecule has 302 valence electrons. The number of hydrogen-bond donors (Lipinski definition) is 0. The van der Waals surface area contributed by atoms with E-state index in [9.17, 15) is 0 Å². The van der Waals surface area contributed by atoms with Gasteiger partial charge in [-0.25, -0.2) is 14.2 Å². The van der Waals surface area contributed by atoms with Crippen molar-refractivity contribution in [3.8, 4) is 0 Å². The average molecular weight is 798 g/mol. The predicted molar refractivity (Wildman–Crippen MR) is 228 cm³/mol. The zero-order chi connectivity index (χ0) is 40.3. The molecule has 12 heteroatoms. The number of urea groups is 1. The molecule has 2 aromatic heterocycles. The van der Waals surface area contributed by atoms with E-state index in [-0.39, 0.29) is 18.1 Å². The van der Waals surface area contributed by atoms with Crippen molar-refractivity contribution < 1.29 is 19.0 Å². The van der Waals surface area contributed by atoms with Crippen molar-refractivity contribution >= 4 is 25.0 Å². The van der Waals surface area contributed by atoms with Crippen LogP contribution in [0.15, 0.2) is 122 Å². The van der Waals surface area contributed by atoms with Crippen LogP contribution in [0.4, 0.5) is 4.79 Å². The number of aromatic nitrogens is 5. The average Bonchev–Trinajstić information content (AvgIpc) is 3.94. The van der Waals surface area contributed by atoms with Crippen LogP contribution in [-0.4, -0.2) is 85.4 Å². The van der Waals surface area contributed by atoms with Crippen LogP contribution in [0, 0.1) is 0 Å². The summed E-state index contributed by atoms with van der Waals surface area (Å²) >= 11 is 0. The van der Waals surface area contributed by atoms with Gasteiger partial charge >= 0.3 is 6.03 Å². The van der Waals surface area contributed by atoms with Crippen molar-refractivity contribution in [3.05, 3.63) is 150 Å². The van der Waals surface area contributed by atoms with Gasteiger partial charge in [0.15, 0.2) is 5.79 Å². The molecule has 11 nitrogen and oxygen atoms in total. The molecule has 2 fully saturated rings. The highest BCUT2D eigenvalue weighted by Crippen LogP contribution is 2.40. The molecule has 2 saturated heterocycles. The molecule has 0 bridgehead atoms. The maximum atomic E-state index is 15.7. The molecule has 4 aromatic carbocycles. The molecule has 0 N–H and O–H groups in total. The Morgan fingerprint density at radius 2 is 1.31 bits per heavy atom. The monoisotopic (exact) mass is 797 g/mol. The first-order valence-electron chi connectivity index (χ1n) is 20.4. The van der Waals surface area contributed by atoms with Crippen molar-refractivity contribution in [1.29, 1.82) is 0 Å². The molecule has 0 unspecified atom stereocenters. The number of amides is 2. The summed E-state index contributed by atoms with van der Waals surface area (Å²) in [6.45, 7) is 13.6. The summed E-state index contributed by atoms with van der Waals surface area (Å²) in [4.78, 5) is 19.8. The Kier molecular flexibility index (Phi) is 11.6. The first-order valence-corrected chi connectivity index (χ1v) is 24.1. The van der Waals surface area contributed by atoms with Crippen LogP contribution in [0.5, 0.6) is 0 Å². The van der Waals surface area contributed by atoms with Gasteiger partial charge in [0.1, 0.15) is 18.9 Å². The van der Waals surface area contributed by atoms with E-state index in [4.69, 9.17) is 14.2 Å². The van der Waals surface area contributed by atoms with Crippen molar-refractivity contribution in [2.24, 2.45) is 0 Å². The van der Waals surface area contributed by atoms with Crippen molar-refractivity contribution in [2.45, 2.75) is 109 Å². The fourth-order valence-corrected chi connectivity index (χ4v) is 9.10. The van der Waals surface area contributed by atoms with E-state index in [1.807, 2.05) is 57.5 Å². The van der Waals surface area contributed by atoms with E-state index in [1.54, 1.807) is 6.20 Å². The smallest absolute Gasteiger partial charge is 0.321 e. The number of ether oxygens (including phenoxy) is 3. The van der Waals surface area contributed by atoms with Crippen LogP contribution in [0.25, 0.3) is 10.9 Å². The summed E-state index contributed by atoms with van der Waals surface area (Å²) in [6, 6.07) is 36.0. The number of carbonyl (C=O) groups excluding carboxylic acids is 1. The highest BCUT2D eigenvalue weighted by molar-refractivity contribution is 6.76. The van der Waals surface area contributed by atoms with Gasteiger partial charge in [-0.2, -0.15) is 5.10 Å². The molecule has 2 amide bonds. The van der Waals surface area contributed by atoms with Crippen molar-refractivity contribution in [1.82, 2.24) is 34.6 Å². The van der Waals surface area contributed by atoms with Gasteiger partial charge in [-0.15, -0.1) is 5.10 Å². The third-order valence-electron chi connectivity index (χ3n) is 11.2. The number of hydrogen-bond acceptors (Lipinski definition) is 7. The minimum atomic E-state index is -1.20. The van der Waals surface area contributed by atoms with Crippen LogP contribution in [0.2, 0.25) is 25.7 Å². The maximum absolute atomic E-state index is 15.7. The summed E-state index contributed by atoms with van der Waals surface area (Å²) in [7, 11) is -1.20. The fourth-order valence-electron chi connectivity index (χ4n) is 8.34. The molecule has 4 heterocycles. The Bertz CT molecular complexity index is 2280. The molecule has 4 atom stereocenters. The Morgan fingerprint density at radius 3 is 1.90 bits per heavy atom. The van der Waals surface area contributed by atoms with Gasteiger partial charge in [0, 0.05) is 39.4 Å². The predicted octanol–water partition coefficient (Wildman–Crippen LogP) is 8.17. The van der Waals surface area contributed by atoms with E-state index < -0.39 is 26.1 Å².